The Balaban J connectivity index is 1.71. The van der Waals surface area contributed by atoms with E-state index in [2.05, 4.69) is 6.92 Å². The van der Waals surface area contributed by atoms with Crippen LogP contribution in [0.2, 0.25) is 0 Å². The van der Waals surface area contributed by atoms with Gasteiger partial charge in [0.05, 0.1) is 6.10 Å². The third-order valence-corrected chi connectivity index (χ3v) is 9.47. The highest BCUT2D eigenvalue weighted by Gasteiger charge is 2.70. The fourth-order valence-electron chi connectivity index (χ4n) is 8.05. The maximum Gasteiger partial charge on any atom is 0.307 e. The third-order valence-electron chi connectivity index (χ3n) is 9.47. The summed E-state index contributed by atoms with van der Waals surface area (Å²) >= 11 is 0. The number of carbonyl (C=O) groups is 3. The van der Waals surface area contributed by atoms with Crippen molar-refractivity contribution in [2.75, 3.05) is 6.61 Å². The normalized spacial score (nSPS) is 43.2. The second-order valence-electron chi connectivity index (χ2n) is 11.6. The lowest BCUT2D eigenvalue weighted by molar-refractivity contribution is -0.202. The van der Waals surface area contributed by atoms with Crippen LogP contribution in [0.3, 0.4) is 0 Å². The number of aliphatic hydroxyl groups is 2. The van der Waals surface area contributed by atoms with Crippen molar-refractivity contribution in [1.82, 2.24) is 0 Å². The molecule has 0 saturated heterocycles. The van der Waals surface area contributed by atoms with E-state index in [4.69, 9.17) is 4.74 Å². The van der Waals surface area contributed by atoms with E-state index >= 15 is 0 Å². The molecule has 7 atom stereocenters. The summed E-state index contributed by atoms with van der Waals surface area (Å²) in [5, 5.41) is 21.4. The standard InChI is InChI=1S/C26H38O6/c1-15(2)11-22(31)32-26(21(30)14-27)10-8-19-18-6-5-16-12-17(28)7-9-24(16,3)23(18)20(29)13-25(19,26)4/h12,15,18-20,23,27,29H,5-11,13-14H2,1-4H3/t18-,19-,20-,23+,24-,25-,26+/m0/s1. The molecule has 3 fully saturated rings. The summed E-state index contributed by atoms with van der Waals surface area (Å²) in [5.74, 6) is -0.238. The molecule has 2 N–H and O–H groups in total. The minimum absolute atomic E-state index is 0.0278. The lowest BCUT2D eigenvalue weighted by Gasteiger charge is -2.60. The Morgan fingerprint density at radius 3 is 2.56 bits per heavy atom. The molecule has 4 aliphatic carbocycles. The third kappa shape index (κ3) is 3.32. The Morgan fingerprint density at radius 2 is 1.91 bits per heavy atom. The lowest BCUT2D eigenvalue weighted by Crippen LogP contribution is -2.63. The van der Waals surface area contributed by atoms with E-state index in [0.717, 1.165) is 31.3 Å². The van der Waals surface area contributed by atoms with Crippen molar-refractivity contribution >= 4 is 17.5 Å². The Hall–Kier alpha value is -1.53. The van der Waals surface area contributed by atoms with E-state index in [0.29, 0.717) is 19.3 Å². The molecule has 32 heavy (non-hydrogen) atoms. The smallest absolute Gasteiger partial charge is 0.307 e. The molecular formula is C26H38O6. The van der Waals surface area contributed by atoms with Crippen LogP contribution in [0.5, 0.6) is 0 Å². The molecule has 0 amide bonds. The first-order valence-corrected chi connectivity index (χ1v) is 12.3. The van der Waals surface area contributed by atoms with Crippen LogP contribution in [0.1, 0.15) is 79.1 Å². The number of hydrogen-bond donors (Lipinski definition) is 2. The van der Waals surface area contributed by atoms with Crippen molar-refractivity contribution < 1.29 is 29.3 Å². The molecular weight excluding hydrogens is 408 g/mol. The van der Waals surface area contributed by atoms with Gasteiger partial charge in [0.25, 0.3) is 0 Å². The number of rotatable bonds is 5. The minimum atomic E-state index is -1.39. The summed E-state index contributed by atoms with van der Waals surface area (Å²) in [5.41, 5.74) is -1.15. The number of Topliss-reactive ketones (excluding diaryl/α,β-unsaturated/α-hetero) is 1. The predicted octanol–water partition coefficient (Wildman–Crippen LogP) is 3.38. The molecule has 6 nitrogen and oxygen atoms in total. The summed E-state index contributed by atoms with van der Waals surface area (Å²) in [6.45, 7) is 7.36. The second kappa shape index (κ2) is 8.05. The number of esters is 1. The van der Waals surface area contributed by atoms with E-state index in [1.807, 2.05) is 26.8 Å². The molecule has 0 aliphatic heterocycles. The topological polar surface area (TPSA) is 101 Å². The molecule has 0 unspecified atom stereocenters. The maximum atomic E-state index is 13.2. The molecule has 0 bridgehead atoms. The van der Waals surface area contributed by atoms with Crippen LogP contribution in [0.15, 0.2) is 11.6 Å². The summed E-state index contributed by atoms with van der Waals surface area (Å²) in [4.78, 5) is 37.9. The van der Waals surface area contributed by atoms with E-state index in [1.54, 1.807) is 0 Å². The molecule has 4 aliphatic rings. The zero-order valence-corrected chi connectivity index (χ0v) is 19.9. The summed E-state index contributed by atoms with van der Waals surface area (Å²) < 4.78 is 5.99. The summed E-state index contributed by atoms with van der Waals surface area (Å²) in [6, 6.07) is 0. The molecule has 0 aromatic carbocycles. The molecule has 0 spiro atoms. The van der Waals surface area contributed by atoms with Crippen LogP contribution in [0.4, 0.5) is 0 Å². The number of ether oxygens (including phenoxy) is 1. The average Bonchev–Trinajstić information content (AvgIpc) is 2.99. The van der Waals surface area contributed by atoms with Crippen molar-refractivity contribution in [3.8, 4) is 0 Å². The van der Waals surface area contributed by atoms with Crippen molar-refractivity contribution in [1.29, 1.82) is 0 Å². The number of hydrogen-bond acceptors (Lipinski definition) is 6. The van der Waals surface area contributed by atoms with Gasteiger partial charge >= 0.3 is 5.97 Å². The van der Waals surface area contributed by atoms with Gasteiger partial charge in [-0.25, -0.2) is 0 Å². The van der Waals surface area contributed by atoms with Crippen LogP contribution in [0.25, 0.3) is 0 Å². The van der Waals surface area contributed by atoms with Crippen LogP contribution in [-0.2, 0) is 19.1 Å². The van der Waals surface area contributed by atoms with Gasteiger partial charge in [0, 0.05) is 18.3 Å². The SMILES string of the molecule is CC(C)CC(=O)O[C@@]1(C(=O)CO)CC[C@H]2[C@@H]3CCC4=CC(=O)CC[C@]4(C)[C@H]3[C@@H](O)C[C@@]21C. The second-order valence-corrected chi connectivity index (χ2v) is 11.6. The highest BCUT2D eigenvalue weighted by Crippen LogP contribution is 2.68. The van der Waals surface area contributed by atoms with Crippen LogP contribution < -0.4 is 0 Å². The molecule has 0 radical (unpaired) electrons. The molecule has 0 aromatic rings. The average molecular weight is 447 g/mol. The molecule has 6 heteroatoms. The van der Waals surface area contributed by atoms with Crippen molar-refractivity contribution in [3.05, 3.63) is 11.6 Å². The fourth-order valence-corrected chi connectivity index (χ4v) is 8.05. The first kappa shape index (κ1) is 23.6. The van der Waals surface area contributed by atoms with Gasteiger partial charge in [-0.05, 0) is 73.7 Å². The molecule has 0 heterocycles. The van der Waals surface area contributed by atoms with Crippen LogP contribution in [0, 0.1) is 34.5 Å². The molecule has 4 rings (SSSR count). The van der Waals surface area contributed by atoms with Crippen molar-refractivity contribution in [2.45, 2.75) is 90.8 Å². The van der Waals surface area contributed by atoms with Crippen molar-refractivity contribution in [3.63, 3.8) is 0 Å². The van der Waals surface area contributed by atoms with Gasteiger partial charge in [-0.15, -0.1) is 0 Å². The zero-order chi connectivity index (χ0) is 23.5. The Bertz CT molecular complexity index is 845. The van der Waals surface area contributed by atoms with Crippen LogP contribution in [-0.4, -0.2) is 46.1 Å². The molecule has 178 valence electrons. The number of ketones is 2. The number of aliphatic hydroxyl groups excluding tert-OH is 2. The highest BCUT2D eigenvalue weighted by molar-refractivity contribution is 5.92. The first-order chi connectivity index (χ1) is 15.0. The first-order valence-electron chi connectivity index (χ1n) is 12.3. The predicted molar refractivity (Wildman–Crippen MR) is 118 cm³/mol. The quantitative estimate of drug-likeness (QED) is 0.628. The number of carbonyl (C=O) groups excluding carboxylic acids is 3. The minimum Gasteiger partial charge on any atom is -0.450 e. The van der Waals surface area contributed by atoms with Gasteiger partial charge in [-0.3, -0.25) is 14.4 Å². The maximum absolute atomic E-state index is 13.2. The van der Waals surface area contributed by atoms with E-state index in [1.165, 1.54) is 0 Å². The van der Waals surface area contributed by atoms with Gasteiger partial charge in [0.1, 0.15) is 6.61 Å². The highest BCUT2D eigenvalue weighted by atomic mass is 16.6. The molecule has 3 saturated carbocycles. The van der Waals surface area contributed by atoms with Crippen LogP contribution >= 0.6 is 0 Å². The summed E-state index contributed by atoms with van der Waals surface area (Å²) in [6.07, 6.45) is 5.81. The van der Waals surface area contributed by atoms with Gasteiger partial charge in [0.2, 0.25) is 5.78 Å². The lowest BCUT2D eigenvalue weighted by atomic mass is 9.45. The largest absolute Gasteiger partial charge is 0.450 e. The van der Waals surface area contributed by atoms with E-state index in [-0.39, 0.29) is 41.3 Å². The van der Waals surface area contributed by atoms with E-state index in [9.17, 15) is 24.6 Å². The Labute approximate surface area is 190 Å². The van der Waals surface area contributed by atoms with Gasteiger partial charge < -0.3 is 14.9 Å². The fraction of sp³-hybridized carbons (Fsp3) is 0.808. The van der Waals surface area contributed by atoms with E-state index < -0.39 is 35.5 Å². The van der Waals surface area contributed by atoms with Gasteiger partial charge in [0.15, 0.2) is 11.4 Å². The van der Waals surface area contributed by atoms with Crippen molar-refractivity contribution in [2.24, 2.45) is 34.5 Å². The Kier molecular flexibility index (Phi) is 5.94. The monoisotopic (exact) mass is 446 g/mol. The van der Waals surface area contributed by atoms with Gasteiger partial charge in [-0.1, -0.05) is 33.3 Å². The zero-order valence-electron chi connectivity index (χ0n) is 19.9. The number of allylic oxidation sites excluding steroid dienone is 1. The molecule has 0 aromatic heterocycles. The summed E-state index contributed by atoms with van der Waals surface area (Å²) in [7, 11) is 0. The number of fused-ring (bicyclic) bond motifs is 5. The van der Waals surface area contributed by atoms with Gasteiger partial charge in [-0.2, -0.15) is 0 Å². The Morgan fingerprint density at radius 1 is 1.19 bits per heavy atom.